The van der Waals surface area contributed by atoms with Gasteiger partial charge in [-0.2, -0.15) is 0 Å². The van der Waals surface area contributed by atoms with Crippen LogP contribution in [0.4, 0.5) is 0 Å². The normalized spacial score (nSPS) is 13.0. The van der Waals surface area contributed by atoms with Gasteiger partial charge >= 0.3 is 0 Å². The van der Waals surface area contributed by atoms with E-state index in [1.807, 2.05) is 12.1 Å². The van der Waals surface area contributed by atoms with Crippen LogP contribution in [0.25, 0.3) is 0 Å². The molecular weight excluding hydrogens is 384 g/mol. The molecule has 0 saturated heterocycles. The first-order chi connectivity index (χ1) is 14.1. The zero-order valence-electron chi connectivity index (χ0n) is 19.2. The molecule has 0 amide bonds. The lowest BCUT2D eigenvalue weighted by molar-refractivity contribution is -0.392. The summed E-state index contributed by atoms with van der Waals surface area (Å²) in [6, 6.07) is 8.10. The summed E-state index contributed by atoms with van der Waals surface area (Å²) < 4.78 is 19.0. The van der Waals surface area contributed by atoms with Crippen molar-refractivity contribution in [2.24, 2.45) is 0 Å². The van der Waals surface area contributed by atoms with Gasteiger partial charge in [0.15, 0.2) is 0 Å². The molecule has 0 saturated carbocycles. The maximum Gasteiger partial charge on any atom is 0.290 e. The van der Waals surface area contributed by atoms with Crippen molar-refractivity contribution >= 4 is 11.6 Å². The molecule has 0 radical (unpaired) electrons. The summed E-state index contributed by atoms with van der Waals surface area (Å²) in [7, 11) is 0. The second kappa shape index (κ2) is 16.1. The fourth-order valence-electron chi connectivity index (χ4n) is 3.53. The first kappa shape index (κ1) is 26.4. The highest BCUT2D eigenvalue weighted by molar-refractivity contribution is 6.30. The van der Waals surface area contributed by atoms with Gasteiger partial charge in [0.25, 0.3) is 5.97 Å². The first-order valence-electron chi connectivity index (χ1n) is 11.8. The Morgan fingerprint density at radius 2 is 1.17 bits per heavy atom. The van der Waals surface area contributed by atoms with E-state index in [1.54, 1.807) is 0 Å². The van der Waals surface area contributed by atoms with E-state index in [1.165, 1.54) is 37.7 Å². The van der Waals surface area contributed by atoms with Gasteiger partial charge in [-0.15, -0.1) is 0 Å². The molecule has 1 unspecified atom stereocenters. The third-order valence-corrected chi connectivity index (χ3v) is 5.32. The molecule has 0 N–H and O–H groups in total. The Morgan fingerprint density at radius 3 is 1.66 bits per heavy atom. The van der Waals surface area contributed by atoms with E-state index >= 15 is 0 Å². The molecule has 1 atom stereocenters. The standard InChI is InChI=1S/C25H43ClO3/c1-5-9-10-11-12-13-14-24(22-15-17-23(26)18-16-22)25(27-19-6-2,28-20-7-3)29-21-8-4/h15-18,24H,5-14,19-21H2,1-4H3. The van der Waals surface area contributed by atoms with Crippen molar-refractivity contribution in [3.05, 3.63) is 34.9 Å². The number of halogens is 1. The Labute approximate surface area is 184 Å². The highest BCUT2D eigenvalue weighted by Gasteiger charge is 2.43. The van der Waals surface area contributed by atoms with Crippen molar-refractivity contribution in [3.8, 4) is 0 Å². The number of benzene rings is 1. The third kappa shape index (κ3) is 9.83. The lowest BCUT2D eigenvalue weighted by Gasteiger charge is -2.40. The summed E-state index contributed by atoms with van der Waals surface area (Å²) in [5, 5.41) is 0.746. The maximum atomic E-state index is 6.35. The zero-order chi connectivity index (χ0) is 21.4. The van der Waals surface area contributed by atoms with E-state index in [9.17, 15) is 0 Å². The van der Waals surface area contributed by atoms with E-state index in [0.717, 1.165) is 37.1 Å². The minimum atomic E-state index is -1.03. The van der Waals surface area contributed by atoms with Gasteiger partial charge in [0.2, 0.25) is 0 Å². The van der Waals surface area contributed by atoms with Gasteiger partial charge in [0.05, 0.1) is 25.7 Å². The Hall–Kier alpha value is -0.610. The summed E-state index contributed by atoms with van der Waals surface area (Å²) in [5.41, 5.74) is 1.17. The average molecular weight is 427 g/mol. The topological polar surface area (TPSA) is 27.7 Å². The molecule has 1 rings (SSSR count). The molecule has 3 nitrogen and oxygen atoms in total. The van der Waals surface area contributed by atoms with Crippen LogP contribution in [-0.2, 0) is 14.2 Å². The fraction of sp³-hybridized carbons (Fsp3) is 0.760. The molecule has 1 aromatic carbocycles. The second-order valence-corrected chi connectivity index (χ2v) is 8.25. The number of rotatable bonds is 18. The molecule has 0 heterocycles. The van der Waals surface area contributed by atoms with Crippen molar-refractivity contribution in [1.29, 1.82) is 0 Å². The number of hydrogen-bond acceptors (Lipinski definition) is 3. The summed E-state index contributed by atoms with van der Waals surface area (Å²) in [5.74, 6) is -1.00. The van der Waals surface area contributed by atoms with Gasteiger partial charge in [-0.05, 0) is 43.4 Å². The highest BCUT2D eigenvalue weighted by Crippen LogP contribution is 2.39. The average Bonchev–Trinajstić information content (AvgIpc) is 2.74. The zero-order valence-corrected chi connectivity index (χ0v) is 19.9. The molecule has 0 spiro atoms. The first-order valence-corrected chi connectivity index (χ1v) is 12.2. The predicted molar refractivity (Wildman–Crippen MR) is 124 cm³/mol. The molecule has 1 aromatic rings. The number of hydrogen-bond donors (Lipinski definition) is 0. The van der Waals surface area contributed by atoms with Crippen molar-refractivity contribution in [3.63, 3.8) is 0 Å². The van der Waals surface area contributed by atoms with E-state index in [0.29, 0.717) is 19.8 Å². The quantitative estimate of drug-likeness (QED) is 0.175. The van der Waals surface area contributed by atoms with E-state index in [-0.39, 0.29) is 5.92 Å². The Balaban J connectivity index is 3.08. The molecule has 168 valence electrons. The maximum absolute atomic E-state index is 6.35. The molecule has 4 heteroatoms. The molecule has 0 bridgehead atoms. The van der Waals surface area contributed by atoms with Crippen LogP contribution in [0.2, 0.25) is 5.02 Å². The van der Waals surface area contributed by atoms with E-state index in [4.69, 9.17) is 25.8 Å². The molecule has 0 aliphatic rings. The molecule has 0 aliphatic heterocycles. The van der Waals surface area contributed by atoms with Crippen LogP contribution >= 0.6 is 11.6 Å². The van der Waals surface area contributed by atoms with Crippen LogP contribution in [0.3, 0.4) is 0 Å². The lowest BCUT2D eigenvalue weighted by atomic mass is 9.90. The largest absolute Gasteiger partial charge is 0.327 e. The number of unbranched alkanes of at least 4 members (excludes halogenated alkanes) is 5. The summed E-state index contributed by atoms with van der Waals surface area (Å²) in [6.07, 6.45) is 11.3. The lowest BCUT2D eigenvalue weighted by Crippen LogP contribution is -2.46. The van der Waals surface area contributed by atoms with Crippen molar-refractivity contribution < 1.29 is 14.2 Å². The van der Waals surface area contributed by atoms with Gasteiger partial charge in [-0.25, -0.2) is 0 Å². The van der Waals surface area contributed by atoms with Gasteiger partial charge in [-0.3, -0.25) is 0 Å². The Morgan fingerprint density at radius 1 is 0.690 bits per heavy atom. The van der Waals surface area contributed by atoms with Gasteiger partial charge in [0, 0.05) is 5.02 Å². The minimum Gasteiger partial charge on any atom is -0.327 e. The van der Waals surface area contributed by atoms with Gasteiger partial charge < -0.3 is 14.2 Å². The fourth-order valence-corrected chi connectivity index (χ4v) is 3.66. The Kier molecular flexibility index (Phi) is 14.7. The van der Waals surface area contributed by atoms with E-state index < -0.39 is 5.97 Å². The van der Waals surface area contributed by atoms with Gasteiger partial charge in [0.1, 0.15) is 0 Å². The van der Waals surface area contributed by atoms with Gasteiger partial charge in [-0.1, -0.05) is 90.0 Å². The van der Waals surface area contributed by atoms with Crippen LogP contribution in [0.15, 0.2) is 24.3 Å². The van der Waals surface area contributed by atoms with Crippen molar-refractivity contribution in [1.82, 2.24) is 0 Å². The van der Waals surface area contributed by atoms with Crippen LogP contribution in [0, 0.1) is 0 Å². The Bertz CT molecular complexity index is 482. The summed E-state index contributed by atoms with van der Waals surface area (Å²) >= 11 is 6.16. The van der Waals surface area contributed by atoms with Crippen LogP contribution in [-0.4, -0.2) is 25.8 Å². The summed E-state index contributed by atoms with van der Waals surface area (Å²) in [6.45, 7) is 10.5. The van der Waals surface area contributed by atoms with Crippen LogP contribution in [0.5, 0.6) is 0 Å². The monoisotopic (exact) mass is 426 g/mol. The van der Waals surface area contributed by atoms with Crippen molar-refractivity contribution in [2.75, 3.05) is 19.8 Å². The van der Waals surface area contributed by atoms with Crippen LogP contribution < -0.4 is 0 Å². The molecule has 29 heavy (non-hydrogen) atoms. The second-order valence-electron chi connectivity index (χ2n) is 7.81. The predicted octanol–water partition coefficient (Wildman–Crippen LogP) is 8.11. The van der Waals surface area contributed by atoms with E-state index in [2.05, 4.69) is 39.8 Å². The molecular formula is C25H43ClO3. The number of ether oxygens (including phenoxy) is 3. The smallest absolute Gasteiger partial charge is 0.290 e. The molecule has 0 fully saturated rings. The highest BCUT2D eigenvalue weighted by atomic mass is 35.5. The molecule has 0 aromatic heterocycles. The minimum absolute atomic E-state index is 0.0237. The van der Waals surface area contributed by atoms with Crippen molar-refractivity contribution in [2.45, 2.75) is 104 Å². The third-order valence-electron chi connectivity index (χ3n) is 5.07. The SMILES string of the molecule is CCCCCCCCC(c1ccc(Cl)cc1)C(OCCC)(OCCC)OCCC. The van der Waals surface area contributed by atoms with Crippen LogP contribution in [0.1, 0.15) is 103 Å². The summed E-state index contributed by atoms with van der Waals surface area (Å²) in [4.78, 5) is 0. The molecule has 0 aliphatic carbocycles.